The molecule has 2 unspecified atom stereocenters. The predicted octanol–water partition coefficient (Wildman–Crippen LogP) is 0.804. The number of nitrogens with zero attached hydrogens (tertiary/aromatic N) is 2. The van der Waals surface area contributed by atoms with Crippen LogP contribution < -0.4 is 31.9 Å². The number of hydrogen-bond donors (Lipinski definition) is 6. The first-order chi connectivity index (χ1) is 30.2. The van der Waals surface area contributed by atoms with E-state index < -0.39 is 58.3 Å². The van der Waals surface area contributed by atoms with Crippen LogP contribution in [0, 0.1) is 5.92 Å². The highest BCUT2D eigenvalue weighted by atomic mass is 32.2. The summed E-state index contributed by atoms with van der Waals surface area (Å²) >= 11 is 2.56. The smallest absolute Gasteiger partial charge is 0.407 e. The van der Waals surface area contributed by atoms with Gasteiger partial charge in [0.05, 0.1) is 10.5 Å². The number of hydrogen-bond acceptors (Lipinski definition) is 16. The minimum atomic E-state index is -0.572. The maximum Gasteiger partial charge on any atom is 0.407 e. The summed E-state index contributed by atoms with van der Waals surface area (Å²) in [7, 11) is 0. The monoisotopic (exact) mass is 942 g/mol. The van der Waals surface area contributed by atoms with Gasteiger partial charge in [-0.2, -0.15) is 23.5 Å². The quantitative estimate of drug-likeness (QED) is 0.0491. The van der Waals surface area contributed by atoms with Crippen LogP contribution >= 0.6 is 23.5 Å². The van der Waals surface area contributed by atoms with Gasteiger partial charge >= 0.3 is 12.2 Å². The number of imide groups is 2. The molecule has 64 heavy (non-hydrogen) atoms. The molecule has 22 nitrogen and oxygen atoms in total. The molecule has 2 aliphatic heterocycles. The molecule has 24 heteroatoms. The van der Waals surface area contributed by atoms with E-state index in [0.717, 1.165) is 9.80 Å². The van der Waals surface area contributed by atoms with E-state index in [9.17, 15) is 52.7 Å². The third-order valence-electron chi connectivity index (χ3n) is 8.80. The van der Waals surface area contributed by atoms with Crippen LogP contribution in [0.2, 0.25) is 0 Å². The Balaban J connectivity index is 0.000000785. The van der Waals surface area contributed by atoms with E-state index >= 15 is 0 Å². The van der Waals surface area contributed by atoms with Crippen LogP contribution in [0.1, 0.15) is 79.1 Å². The van der Waals surface area contributed by atoms with Gasteiger partial charge in [0.25, 0.3) is 0 Å². The predicted molar refractivity (Wildman–Crippen MR) is 235 cm³/mol. The van der Waals surface area contributed by atoms with E-state index in [1.165, 1.54) is 30.4 Å². The van der Waals surface area contributed by atoms with E-state index in [4.69, 9.17) is 14.2 Å². The summed E-state index contributed by atoms with van der Waals surface area (Å²) in [6, 6.07) is 0. The van der Waals surface area contributed by atoms with Crippen molar-refractivity contribution in [3.05, 3.63) is 24.8 Å². The molecule has 0 aliphatic carbocycles. The summed E-state index contributed by atoms with van der Waals surface area (Å²) in [5.74, 6) is -3.91. The Labute approximate surface area is 381 Å². The Bertz CT molecular complexity index is 1620. The molecule has 0 bridgehead atoms. The molecule has 2 fully saturated rings. The van der Waals surface area contributed by atoms with Crippen LogP contribution in [-0.4, -0.2) is 150 Å². The number of rotatable bonds is 27. The molecule has 2 rings (SSSR count). The molecule has 2 heterocycles. The summed E-state index contributed by atoms with van der Waals surface area (Å²) in [5.41, 5.74) is 0. The van der Waals surface area contributed by atoms with E-state index in [1.54, 1.807) is 33.3 Å². The van der Waals surface area contributed by atoms with Gasteiger partial charge in [0.2, 0.25) is 47.3 Å². The molecule has 358 valence electrons. The molecule has 0 saturated carbocycles. The molecule has 0 aromatic carbocycles. The van der Waals surface area contributed by atoms with Crippen molar-refractivity contribution in [3.8, 4) is 0 Å². The number of likely N-dealkylation sites (tertiary alicyclic amines) is 2. The standard InChI is InChI=1S/C26H36N6O8S2.C14H26N2O6/c1-14(10-21(35)29-15(2)27-19(33)6-8-31-23(37)12-17(41-4)25(31)39)11-22(36)30-16(3)28-20(34)7-9-32-24(38)13-18(42-5)26(32)40;1-4-15-13(18)21-9-12(10-22-14(19)16-5-2)20-8-6-7-11(3)17/h14,17-18H,2-3,6-13H2,1,4-5H3,(H,27,33)(H,28,34)(H,29,35)(H,30,36);12H,4-10H2,1-3H3,(H,15,18)(H,16,19). The highest BCUT2D eigenvalue weighted by molar-refractivity contribution is 8.00. The minimum Gasteiger partial charge on any atom is -0.447 e. The number of carbonyl (C=O) groups excluding carboxylic acids is 11. The first-order valence-electron chi connectivity index (χ1n) is 20.5. The number of ketones is 1. The second-order valence-electron chi connectivity index (χ2n) is 14.3. The van der Waals surface area contributed by atoms with Crippen LogP contribution in [0.15, 0.2) is 24.8 Å². The van der Waals surface area contributed by atoms with Crippen molar-refractivity contribution < 1.29 is 67.0 Å². The molecule has 10 amide bonds. The number of nitrogens with one attached hydrogen (secondary N) is 6. The molecule has 2 aliphatic rings. The van der Waals surface area contributed by atoms with Crippen molar-refractivity contribution in [2.24, 2.45) is 5.92 Å². The summed E-state index contributed by atoms with van der Waals surface area (Å²) in [6.07, 6.45) is 2.50. The summed E-state index contributed by atoms with van der Waals surface area (Å²) in [5, 5.41) is 13.7. The Morgan fingerprint density at radius 3 is 1.41 bits per heavy atom. The largest absolute Gasteiger partial charge is 0.447 e. The molecule has 2 saturated heterocycles. The molecule has 0 spiro atoms. The van der Waals surface area contributed by atoms with Crippen molar-refractivity contribution in [1.82, 2.24) is 41.7 Å². The highest BCUT2D eigenvalue weighted by Gasteiger charge is 2.39. The Kier molecular flexibility index (Phi) is 27.0. The van der Waals surface area contributed by atoms with Crippen molar-refractivity contribution in [3.63, 3.8) is 0 Å². The maximum atomic E-state index is 12.3. The lowest BCUT2D eigenvalue weighted by atomic mass is 10.0. The zero-order valence-corrected chi connectivity index (χ0v) is 38.9. The number of thioether (sulfide) groups is 2. The Morgan fingerprint density at radius 1 is 0.672 bits per heavy atom. The van der Waals surface area contributed by atoms with Crippen LogP contribution in [-0.2, 0) is 57.4 Å². The van der Waals surface area contributed by atoms with Crippen LogP contribution in [0.25, 0.3) is 0 Å². The van der Waals surface area contributed by atoms with Gasteiger partial charge in [0, 0.05) is 77.7 Å². The van der Waals surface area contributed by atoms with Crippen molar-refractivity contribution in [1.29, 1.82) is 0 Å². The lowest BCUT2D eigenvalue weighted by Crippen LogP contribution is -2.39. The SMILES string of the molecule is C=C(NC(=O)CCN1C(=O)CC(SC)C1=O)NC(=O)CC(C)CC(=O)NC(=C)NC(=O)CCN1C(=O)CC(SC)C1=O.CCNC(=O)OCC(COC(=O)NCC)OCCCC(C)=O. The maximum absolute atomic E-state index is 12.3. The number of amides is 10. The molecule has 0 aromatic rings. The lowest BCUT2D eigenvalue weighted by molar-refractivity contribution is -0.140. The Hall–Kier alpha value is -5.49. The first-order valence-corrected chi connectivity index (χ1v) is 23.1. The average Bonchev–Trinajstić information content (AvgIpc) is 3.65. The average molecular weight is 943 g/mol. The molecule has 6 N–H and O–H groups in total. The zero-order chi connectivity index (χ0) is 48.4. The van der Waals surface area contributed by atoms with E-state index in [1.807, 2.05) is 0 Å². The van der Waals surface area contributed by atoms with E-state index in [2.05, 4.69) is 45.1 Å². The topological polar surface area (TPSA) is 294 Å². The van der Waals surface area contributed by atoms with Gasteiger partial charge in [-0.1, -0.05) is 20.1 Å². The minimum absolute atomic E-state index is 0.0364. The van der Waals surface area contributed by atoms with Gasteiger partial charge in [-0.3, -0.25) is 48.2 Å². The fourth-order valence-electron chi connectivity index (χ4n) is 5.68. The van der Waals surface area contributed by atoms with Crippen LogP contribution in [0.3, 0.4) is 0 Å². The summed E-state index contributed by atoms with van der Waals surface area (Å²) in [6.45, 7) is 14.9. The third-order valence-corrected chi connectivity index (χ3v) is 10.7. The fourth-order valence-corrected chi connectivity index (χ4v) is 6.96. The molecular weight excluding hydrogens is 881 g/mol. The van der Waals surface area contributed by atoms with Crippen molar-refractivity contribution in [2.75, 3.05) is 58.5 Å². The van der Waals surface area contributed by atoms with E-state index in [-0.39, 0.29) is 106 Å². The second-order valence-corrected chi connectivity index (χ2v) is 16.4. The summed E-state index contributed by atoms with van der Waals surface area (Å²) in [4.78, 5) is 133. The number of alkyl carbamates (subject to hydrolysis) is 2. The van der Waals surface area contributed by atoms with E-state index in [0.29, 0.717) is 32.5 Å². The van der Waals surface area contributed by atoms with Crippen LogP contribution in [0.4, 0.5) is 9.59 Å². The van der Waals surface area contributed by atoms with Crippen molar-refractivity contribution in [2.45, 2.75) is 95.7 Å². The molecule has 0 aromatic heterocycles. The van der Waals surface area contributed by atoms with Gasteiger partial charge in [0.1, 0.15) is 36.7 Å². The number of Topliss-reactive ketones (excluding diaryl/α,β-unsaturated/α-hetero) is 1. The van der Waals surface area contributed by atoms with Gasteiger partial charge in [-0.05, 0) is 45.6 Å². The second kappa shape index (κ2) is 30.6. The van der Waals surface area contributed by atoms with Gasteiger partial charge in [0.15, 0.2) is 0 Å². The van der Waals surface area contributed by atoms with Crippen molar-refractivity contribution >= 4 is 88.8 Å². The molecule has 2 atom stereocenters. The van der Waals surface area contributed by atoms with Gasteiger partial charge in [-0.25, -0.2) is 9.59 Å². The number of ether oxygens (including phenoxy) is 3. The Morgan fingerprint density at radius 2 is 1.06 bits per heavy atom. The third kappa shape index (κ3) is 22.7. The summed E-state index contributed by atoms with van der Waals surface area (Å²) < 4.78 is 15.4. The molecule has 0 radical (unpaired) electrons. The first kappa shape index (κ1) is 56.5. The highest BCUT2D eigenvalue weighted by Crippen LogP contribution is 2.24. The lowest BCUT2D eigenvalue weighted by Gasteiger charge is -2.18. The number of carbonyl (C=O) groups is 11. The van der Waals surface area contributed by atoms with Gasteiger partial charge in [-0.15, -0.1) is 0 Å². The zero-order valence-electron chi connectivity index (χ0n) is 37.3. The van der Waals surface area contributed by atoms with Crippen LogP contribution in [0.5, 0.6) is 0 Å². The molecular formula is C40H62N8O14S2. The normalized spacial score (nSPS) is 16.0. The van der Waals surface area contributed by atoms with Gasteiger partial charge < -0.3 is 50.9 Å². The fraction of sp³-hybridized carbons (Fsp3) is 0.625.